The highest BCUT2D eigenvalue weighted by molar-refractivity contribution is 6.17. The molecule has 1 aliphatic rings. The van der Waals surface area contributed by atoms with Crippen molar-refractivity contribution in [3.05, 3.63) is 59.7 Å². The normalized spacial score (nSPS) is 13.8. The summed E-state index contributed by atoms with van der Waals surface area (Å²) in [6.07, 6.45) is 2.57. The molecule has 8 nitrogen and oxygen atoms in total. The average Bonchev–Trinajstić information content (AvgIpc) is 3.16. The number of anilines is 2. The molecule has 0 bridgehead atoms. The third kappa shape index (κ3) is 3.65. The van der Waals surface area contributed by atoms with Crippen molar-refractivity contribution in [1.29, 1.82) is 0 Å². The number of benzene rings is 1. The number of aliphatic hydroxyl groups excluding tert-OH is 1. The Bertz CT molecular complexity index is 882. The molecule has 8 heteroatoms. The lowest BCUT2D eigenvalue weighted by atomic mass is 10.2. The van der Waals surface area contributed by atoms with Gasteiger partial charge in [0.25, 0.3) is 17.7 Å². The van der Waals surface area contributed by atoms with E-state index in [-0.39, 0.29) is 24.8 Å². The second-order valence-corrected chi connectivity index (χ2v) is 5.68. The van der Waals surface area contributed by atoms with Crippen LogP contribution >= 0.6 is 0 Å². The maximum absolute atomic E-state index is 12.1. The van der Waals surface area contributed by atoms with Gasteiger partial charge in [-0.05, 0) is 37.3 Å². The average molecular weight is 355 g/mol. The number of carbonyl (C=O) groups excluding carboxylic acids is 3. The van der Waals surface area contributed by atoms with E-state index in [4.69, 9.17) is 9.52 Å². The van der Waals surface area contributed by atoms with E-state index in [1.54, 1.807) is 37.3 Å². The number of aryl methyl sites for hydroxylation is 1. The van der Waals surface area contributed by atoms with Gasteiger partial charge in [0.2, 0.25) is 0 Å². The van der Waals surface area contributed by atoms with Crippen molar-refractivity contribution in [1.82, 2.24) is 4.90 Å². The van der Waals surface area contributed by atoms with Crippen molar-refractivity contribution in [2.45, 2.75) is 6.92 Å². The molecule has 2 aromatic rings. The summed E-state index contributed by atoms with van der Waals surface area (Å²) < 4.78 is 5.11. The van der Waals surface area contributed by atoms with Crippen molar-refractivity contribution < 1.29 is 23.9 Å². The lowest BCUT2D eigenvalue weighted by Gasteiger charge is -2.13. The van der Waals surface area contributed by atoms with E-state index in [9.17, 15) is 14.4 Å². The number of imide groups is 1. The molecule has 1 aliphatic heterocycles. The molecule has 1 aromatic heterocycles. The van der Waals surface area contributed by atoms with Crippen LogP contribution in [0.25, 0.3) is 0 Å². The van der Waals surface area contributed by atoms with E-state index in [1.807, 2.05) is 0 Å². The third-order valence-corrected chi connectivity index (χ3v) is 3.75. The predicted octanol–water partition coefficient (Wildman–Crippen LogP) is 1.50. The number of aliphatic hydroxyl groups is 1. The molecule has 0 fully saturated rings. The lowest BCUT2D eigenvalue weighted by Crippen LogP contribution is -2.34. The van der Waals surface area contributed by atoms with Crippen LogP contribution in [0.4, 0.5) is 11.4 Å². The van der Waals surface area contributed by atoms with Crippen molar-refractivity contribution in [3.63, 3.8) is 0 Å². The lowest BCUT2D eigenvalue weighted by molar-refractivity contribution is -0.137. The molecule has 0 aliphatic carbocycles. The molecule has 0 saturated carbocycles. The summed E-state index contributed by atoms with van der Waals surface area (Å²) in [5.74, 6) is -0.599. The van der Waals surface area contributed by atoms with Crippen LogP contribution in [0, 0.1) is 6.92 Å². The molecule has 26 heavy (non-hydrogen) atoms. The first-order valence-electron chi connectivity index (χ1n) is 7.90. The molecule has 0 saturated heterocycles. The maximum Gasteiger partial charge on any atom is 0.277 e. The first kappa shape index (κ1) is 17.4. The van der Waals surface area contributed by atoms with E-state index < -0.39 is 11.8 Å². The monoisotopic (exact) mass is 355 g/mol. The van der Waals surface area contributed by atoms with Gasteiger partial charge in [-0.25, -0.2) is 0 Å². The number of nitrogens with zero attached hydrogens (tertiary/aromatic N) is 1. The number of hydrogen-bond donors (Lipinski definition) is 3. The van der Waals surface area contributed by atoms with Crippen LogP contribution in [0.5, 0.6) is 0 Å². The number of β-amino-alcohol motifs (C(OH)–C–C–N with tert-alkyl or cyclic N) is 1. The predicted molar refractivity (Wildman–Crippen MR) is 93.4 cm³/mol. The van der Waals surface area contributed by atoms with E-state index >= 15 is 0 Å². The fraction of sp³-hybridized carbons (Fsp3) is 0.167. The van der Waals surface area contributed by atoms with Gasteiger partial charge in [-0.15, -0.1) is 0 Å². The highest BCUT2D eigenvalue weighted by Crippen LogP contribution is 2.19. The Labute approximate surface area is 149 Å². The van der Waals surface area contributed by atoms with Crippen LogP contribution in [0.1, 0.15) is 16.1 Å². The maximum atomic E-state index is 12.1. The Kier molecular flexibility index (Phi) is 4.85. The zero-order valence-electron chi connectivity index (χ0n) is 14.0. The quantitative estimate of drug-likeness (QED) is 0.677. The van der Waals surface area contributed by atoms with Gasteiger partial charge < -0.3 is 20.2 Å². The molecule has 3 N–H and O–H groups in total. The molecule has 2 heterocycles. The van der Waals surface area contributed by atoms with Crippen molar-refractivity contribution in [2.24, 2.45) is 0 Å². The summed E-state index contributed by atoms with van der Waals surface area (Å²) in [6, 6.07) is 8.31. The molecular formula is C18H17N3O5. The number of furan rings is 1. The smallest absolute Gasteiger partial charge is 0.277 e. The highest BCUT2D eigenvalue weighted by Gasteiger charge is 2.30. The van der Waals surface area contributed by atoms with Crippen LogP contribution in [0.2, 0.25) is 0 Å². The number of rotatable bonds is 6. The number of amides is 3. The number of hydrogen-bond acceptors (Lipinski definition) is 6. The Balaban J connectivity index is 1.63. The summed E-state index contributed by atoms with van der Waals surface area (Å²) in [7, 11) is 0. The van der Waals surface area contributed by atoms with Crippen molar-refractivity contribution >= 4 is 29.1 Å². The van der Waals surface area contributed by atoms with Gasteiger partial charge >= 0.3 is 0 Å². The highest BCUT2D eigenvalue weighted by atomic mass is 16.3. The SMILES string of the molecule is Cc1cc(C(=O)Nc2ccc(NC3=CC(=O)N(CCO)C3=O)cc2)co1. The fourth-order valence-electron chi connectivity index (χ4n) is 2.47. The second kappa shape index (κ2) is 7.24. The molecule has 0 spiro atoms. The standard InChI is InChI=1S/C18H17N3O5/c1-11-8-12(10-26-11)17(24)20-14-4-2-13(3-5-14)19-15-9-16(23)21(6-7-22)18(15)25/h2-5,8-10,19,22H,6-7H2,1H3,(H,20,24). The van der Waals surface area contributed by atoms with Gasteiger partial charge in [-0.2, -0.15) is 0 Å². The van der Waals surface area contributed by atoms with Crippen LogP contribution in [-0.4, -0.2) is 40.9 Å². The minimum absolute atomic E-state index is 0.0438. The van der Waals surface area contributed by atoms with E-state index in [1.165, 1.54) is 12.3 Å². The summed E-state index contributed by atoms with van der Waals surface area (Å²) in [6.45, 7) is 1.42. The van der Waals surface area contributed by atoms with Gasteiger partial charge in [-0.3, -0.25) is 19.3 Å². The first-order valence-corrected chi connectivity index (χ1v) is 7.90. The molecule has 134 valence electrons. The number of carbonyl (C=O) groups is 3. The van der Waals surface area contributed by atoms with Gasteiger partial charge in [-0.1, -0.05) is 0 Å². The molecule has 0 radical (unpaired) electrons. The summed E-state index contributed by atoms with van der Waals surface area (Å²) >= 11 is 0. The molecule has 3 rings (SSSR count). The topological polar surface area (TPSA) is 112 Å². The minimum Gasteiger partial charge on any atom is -0.469 e. The first-order chi connectivity index (χ1) is 12.5. The molecule has 3 amide bonds. The zero-order chi connectivity index (χ0) is 18.7. The van der Waals surface area contributed by atoms with Crippen molar-refractivity contribution in [2.75, 3.05) is 23.8 Å². The van der Waals surface area contributed by atoms with Gasteiger partial charge in [0.05, 0.1) is 18.7 Å². The minimum atomic E-state index is -0.489. The number of nitrogens with one attached hydrogen (secondary N) is 2. The van der Waals surface area contributed by atoms with E-state index in [0.29, 0.717) is 22.7 Å². The Morgan fingerprint density at radius 1 is 1.19 bits per heavy atom. The summed E-state index contributed by atoms with van der Waals surface area (Å²) in [4.78, 5) is 36.8. The molecular weight excluding hydrogens is 338 g/mol. The van der Waals surface area contributed by atoms with Gasteiger partial charge in [0, 0.05) is 17.5 Å². The zero-order valence-corrected chi connectivity index (χ0v) is 14.0. The van der Waals surface area contributed by atoms with Crippen LogP contribution in [-0.2, 0) is 9.59 Å². The Morgan fingerprint density at radius 2 is 1.88 bits per heavy atom. The van der Waals surface area contributed by atoms with E-state index in [0.717, 1.165) is 4.90 Å². The van der Waals surface area contributed by atoms with Crippen LogP contribution in [0.15, 0.2) is 52.8 Å². The van der Waals surface area contributed by atoms with Gasteiger partial charge in [0.15, 0.2) is 0 Å². The van der Waals surface area contributed by atoms with Crippen LogP contribution in [0.3, 0.4) is 0 Å². The van der Waals surface area contributed by atoms with Gasteiger partial charge in [0.1, 0.15) is 17.7 Å². The molecule has 1 aromatic carbocycles. The Morgan fingerprint density at radius 3 is 2.50 bits per heavy atom. The van der Waals surface area contributed by atoms with Crippen LogP contribution < -0.4 is 10.6 Å². The van der Waals surface area contributed by atoms with Crippen molar-refractivity contribution in [3.8, 4) is 0 Å². The van der Waals surface area contributed by atoms with E-state index in [2.05, 4.69) is 10.6 Å². The largest absolute Gasteiger partial charge is 0.469 e. The molecule has 0 atom stereocenters. The fourth-order valence-corrected chi connectivity index (χ4v) is 2.47. The summed E-state index contributed by atoms with van der Waals surface area (Å²) in [5, 5.41) is 14.5. The third-order valence-electron chi connectivity index (χ3n) is 3.75. The second-order valence-electron chi connectivity index (χ2n) is 5.68. The summed E-state index contributed by atoms with van der Waals surface area (Å²) in [5.41, 5.74) is 1.72. The Hall–Kier alpha value is -3.39. The molecule has 0 unspecified atom stereocenters.